The van der Waals surface area contributed by atoms with Crippen LogP contribution in [0.3, 0.4) is 0 Å². The smallest absolute Gasteiger partial charge is 0.295 e. The third kappa shape index (κ3) is 5.88. The number of rotatable bonds is 3. The molecule has 0 amide bonds. The van der Waals surface area contributed by atoms with Gasteiger partial charge >= 0.3 is 0 Å². The van der Waals surface area contributed by atoms with E-state index in [-0.39, 0.29) is 0 Å². The van der Waals surface area contributed by atoms with Gasteiger partial charge in [0.25, 0.3) is 6.41 Å². The van der Waals surface area contributed by atoms with E-state index in [0.29, 0.717) is 6.54 Å². The van der Waals surface area contributed by atoms with E-state index >= 15 is 0 Å². The van der Waals surface area contributed by atoms with Gasteiger partial charge in [0.2, 0.25) is 0 Å². The van der Waals surface area contributed by atoms with E-state index in [0.717, 1.165) is 6.42 Å². The molecule has 0 unspecified atom stereocenters. The van der Waals surface area contributed by atoms with E-state index in [1.165, 1.54) is 0 Å². The summed E-state index contributed by atoms with van der Waals surface area (Å²) in [7, 11) is 0. The quantitative estimate of drug-likeness (QED) is 0.478. The number of aliphatic hydroxyl groups excluding tert-OH is 1. The molecular formula is C4H10NO2. The van der Waals surface area contributed by atoms with E-state index in [1.807, 2.05) is 6.92 Å². The Morgan fingerprint density at radius 2 is 2.14 bits per heavy atom. The first kappa shape index (κ1) is 6.88. The molecule has 0 spiro atoms. The van der Waals surface area contributed by atoms with Crippen LogP contribution in [0.25, 0.3) is 0 Å². The molecular weight excluding hydrogens is 94.0 g/mol. The van der Waals surface area contributed by atoms with Crippen molar-refractivity contribution < 1.29 is 10.2 Å². The van der Waals surface area contributed by atoms with Crippen molar-refractivity contribution in [1.82, 2.24) is 5.32 Å². The van der Waals surface area contributed by atoms with Crippen molar-refractivity contribution in [3.05, 3.63) is 6.41 Å². The molecule has 0 bridgehead atoms. The van der Waals surface area contributed by atoms with Gasteiger partial charge in [-0.2, -0.15) is 0 Å². The Balaban J connectivity index is 2.68. The van der Waals surface area contributed by atoms with E-state index in [4.69, 9.17) is 10.2 Å². The van der Waals surface area contributed by atoms with Crippen LogP contribution >= 0.6 is 0 Å². The molecule has 0 saturated carbocycles. The first-order valence-electron chi connectivity index (χ1n) is 2.26. The molecule has 0 aromatic heterocycles. The van der Waals surface area contributed by atoms with Gasteiger partial charge in [0, 0.05) is 6.54 Å². The van der Waals surface area contributed by atoms with Crippen molar-refractivity contribution in [1.29, 1.82) is 0 Å². The summed E-state index contributed by atoms with van der Waals surface area (Å²) in [5.74, 6) is 0. The number of hydrogen-bond acceptors (Lipinski definition) is 3. The van der Waals surface area contributed by atoms with Gasteiger partial charge in [-0.25, -0.2) is 0 Å². The Labute approximate surface area is 43.0 Å². The first-order chi connectivity index (χ1) is 3.27. The fourth-order valence-electron chi connectivity index (χ4n) is 0.237. The van der Waals surface area contributed by atoms with Crippen LogP contribution in [0.2, 0.25) is 0 Å². The molecule has 43 valence electrons. The summed E-state index contributed by atoms with van der Waals surface area (Å²) in [6.07, 6.45) is 0.201. The molecule has 0 aliphatic rings. The van der Waals surface area contributed by atoms with Gasteiger partial charge in [-0.3, -0.25) is 5.32 Å². The summed E-state index contributed by atoms with van der Waals surface area (Å²) in [5.41, 5.74) is 0. The van der Waals surface area contributed by atoms with Gasteiger partial charge < -0.3 is 10.2 Å². The zero-order valence-corrected chi connectivity index (χ0v) is 4.31. The lowest BCUT2D eigenvalue weighted by Crippen LogP contribution is -2.20. The predicted octanol–water partition coefficient (Wildman–Crippen LogP) is 0.178. The third-order valence-corrected chi connectivity index (χ3v) is 0.533. The number of hydrogen-bond donors (Lipinski definition) is 3. The fraction of sp³-hybridized carbons (Fsp3) is 0.750. The third-order valence-electron chi connectivity index (χ3n) is 0.533. The summed E-state index contributed by atoms with van der Waals surface area (Å²) < 4.78 is 0. The van der Waals surface area contributed by atoms with Crippen LogP contribution in [0.1, 0.15) is 13.3 Å². The van der Waals surface area contributed by atoms with E-state index in [1.54, 1.807) is 0 Å². The van der Waals surface area contributed by atoms with Crippen LogP contribution in [0.5, 0.6) is 0 Å². The van der Waals surface area contributed by atoms with Crippen LogP contribution in [0.4, 0.5) is 0 Å². The van der Waals surface area contributed by atoms with Crippen molar-refractivity contribution in [3.8, 4) is 0 Å². The lowest BCUT2D eigenvalue weighted by atomic mass is 10.5. The molecule has 0 aliphatic heterocycles. The number of nitrogens with one attached hydrogen (secondary N) is 1. The minimum absolute atomic E-state index is 0.613. The molecule has 0 atom stereocenters. The van der Waals surface area contributed by atoms with Crippen LogP contribution in [-0.2, 0) is 0 Å². The van der Waals surface area contributed by atoms with Gasteiger partial charge in [0.15, 0.2) is 0 Å². The molecule has 0 aliphatic carbocycles. The van der Waals surface area contributed by atoms with Gasteiger partial charge in [-0.1, -0.05) is 6.92 Å². The second kappa shape index (κ2) is 4.05. The maximum atomic E-state index is 8.04. The van der Waals surface area contributed by atoms with Gasteiger partial charge in [0.05, 0.1) is 0 Å². The molecule has 3 heteroatoms. The van der Waals surface area contributed by atoms with E-state index in [9.17, 15) is 0 Å². The Bertz CT molecular complexity index is 38.7. The van der Waals surface area contributed by atoms with Crippen molar-refractivity contribution in [2.75, 3.05) is 6.54 Å². The molecule has 0 saturated heterocycles. The molecule has 3 N–H and O–H groups in total. The highest BCUT2D eigenvalue weighted by molar-refractivity contribution is 4.50. The van der Waals surface area contributed by atoms with Crippen LogP contribution in [0, 0.1) is 6.41 Å². The van der Waals surface area contributed by atoms with E-state index in [2.05, 4.69) is 5.32 Å². The monoisotopic (exact) mass is 104 g/mol. The highest BCUT2D eigenvalue weighted by Gasteiger charge is 1.92. The van der Waals surface area contributed by atoms with Crippen molar-refractivity contribution in [2.24, 2.45) is 0 Å². The molecule has 1 radical (unpaired) electrons. The lowest BCUT2D eigenvalue weighted by Gasteiger charge is -1.98. The zero-order chi connectivity index (χ0) is 5.70. The average molecular weight is 104 g/mol. The Morgan fingerprint density at radius 3 is 2.29 bits per heavy atom. The SMILES string of the molecule is CCCN[C](O)O. The molecule has 0 fully saturated rings. The second-order valence-electron chi connectivity index (χ2n) is 1.25. The Morgan fingerprint density at radius 1 is 1.57 bits per heavy atom. The predicted molar refractivity (Wildman–Crippen MR) is 25.4 cm³/mol. The standard InChI is InChI=1S/C4H10NO2/c1-2-3-5-4(6)7/h5-7H,2-3H2,1H3. The van der Waals surface area contributed by atoms with Crippen molar-refractivity contribution in [3.63, 3.8) is 0 Å². The Kier molecular flexibility index (Phi) is 3.98. The van der Waals surface area contributed by atoms with Crippen molar-refractivity contribution in [2.45, 2.75) is 13.3 Å². The van der Waals surface area contributed by atoms with E-state index < -0.39 is 6.41 Å². The fourth-order valence-corrected chi connectivity index (χ4v) is 0.237. The largest absolute Gasteiger partial charge is 0.348 e. The van der Waals surface area contributed by atoms with Gasteiger partial charge in [-0.05, 0) is 6.42 Å². The van der Waals surface area contributed by atoms with Crippen LogP contribution in [0.15, 0.2) is 0 Å². The average Bonchev–Trinajstić information content (AvgIpc) is 1.61. The maximum absolute atomic E-state index is 8.04. The molecule has 0 aromatic rings. The van der Waals surface area contributed by atoms with Crippen LogP contribution < -0.4 is 5.32 Å². The highest BCUT2D eigenvalue weighted by atomic mass is 16.5. The summed E-state index contributed by atoms with van der Waals surface area (Å²) in [6, 6.07) is 0. The van der Waals surface area contributed by atoms with Crippen molar-refractivity contribution >= 4 is 0 Å². The summed E-state index contributed by atoms with van der Waals surface area (Å²) in [6.45, 7) is 2.55. The summed E-state index contributed by atoms with van der Waals surface area (Å²) >= 11 is 0. The molecule has 3 nitrogen and oxygen atoms in total. The van der Waals surface area contributed by atoms with Gasteiger partial charge in [-0.15, -0.1) is 0 Å². The highest BCUT2D eigenvalue weighted by Crippen LogP contribution is 1.76. The molecule has 0 heterocycles. The molecule has 0 aromatic carbocycles. The first-order valence-corrected chi connectivity index (χ1v) is 2.26. The minimum atomic E-state index is -0.693. The topological polar surface area (TPSA) is 52.5 Å². The van der Waals surface area contributed by atoms with Crippen LogP contribution in [-0.4, -0.2) is 16.8 Å². The molecule has 7 heavy (non-hydrogen) atoms. The number of aliphatic hydroxyl groups is 2. The normalized spacial score (nSPS) is 10.3. The maximum Gasteiger partial charge on any atom is 0.295 e. The summed E-state index contributed by atoms with van der Waals surface area (Å²) in [4.78, 5) is 0. The Hall–Kier alpha value is -0.120. The minimum Gasteiger partial charge on any atom is -0.348 e. The molecule has 0 rings (SSSR count). The summed E-state index contributed by atoms with van der Waals surface area (Å²) in [5, 5.41) is 18.4. The second-order valence-corrected chi connectivity index (χ2v) is 1.25. The zero-order valence-electron chi connectivity index (χ0n) is 4.31. The van der Waals surface area contributed by atoms with Gasteiger partial charge in [0.1, 0.15) is 0 Å². The lowest BCUT2D eigenvalue weighted by molar-refractivity contribution is 0.0533.